The van der Waals surface area contributed by atoms with Gasteiger partial charge < -0.3 is 23.4 Å². The first-order valence-corrected chi connectivity index (χ1v) is 14.5. The monoisotopic (exact) mass is 619 g/mol. The van der Waals surface area contributed by atoms with Gasteiger partial charge in [0.05, 0.1) is 25.3 Å². The minimum Gasteiger partial charge on any atom is -0.468 e. The number of nitrogens with one attached hydrogen (secondary N) is 2. The summed E-state index contributed by atoms with van der Waals surface area (Å²) in [7, 11) is -1.59. The van der Waals surface area contributed by atoms with Crippen LogP contribution >= 0.6 is 19.5 Å². The fourth-order valence-electron chi connectivity index (χ4n) is 2.74. The Hall–Kier alpha value is -3.29. The molecular formula is C25H39ClN5O9P. The third-order valence-electron chi connectivity index (χ3n) is 5.10. The molecule has 0 radical (unpaired) electrons. The SMILES string of the molecule is CCN(CC)CC.COC(=O)[C@H](C)NCl.COC(=O)[C@H](C)NP(=O)(Oc1ccc([N+](=O)[O-])cc1)Oc1cccnc1. The summed E-state index contributed by atoms with van der Waals surface area (Å²) in [5.74, 6) is -0.845. The van der Waals surface area contributed by atoms with Crippen molar-refractivity contribution in [3.8, 4) is 11.5 Å². The molecule has 1 aromatic carbocycles. The summed E-state index contributed by atoms with van der Waals surface area (Å²) in [5.41, 5.74) is -0.156. The first kappa shape index (κ1) is 37.7. The largest absolute Gasteiger partial charge is 0.513 e. The molecule has 0 aliphatic rings. The molecule has 1 aromatic heterocycles. The van der Waals surface area contributed by atoms with Crippen molar-refractivity contribution in [3.63, 3.8) is 0 Å². The number of rotatable bonds is 13. The summed E-state index contributed by atoms with van der Waals surface area (Å²) in [6.45, 7) is 13.2. The molecule has 2 rings (SSSR count). The van der Waals surface area contributed by atoms with Crippen LogP contribution in [-0.4, -0.2) is 72.7 Å². The highest BCUT2D eigenvalue weighted by atomic mass is 35.5. The topological polar surface area (TPSA) is 171 Å². The molecule has 1 heterocycles. The molecule has 41 heavy (non-hydrogen) atoms. The maximum Gasteiger partial charge on any atom is 0.513 e. The quantitative estimate of drug-likeness (QED) is 0.107. The second kappa shape index (κ2) is 20.6. The Bertz CT molecular complexity index is 1090. The van der Waals surface area contributed by atoms with Crippen LogP contribution in [0.5, 0.6) is 11.5 Å². The highest BCUT2D eigenvalue weighted by molar-refractivity contribution is 7.52. The fourth-order valence-corrected chi connectivity index (χ4v) is 4.33. The van der Waals surface area contributed by atoms with Gasteiger partial charge in [-0.15, -0.1) is 0 Å². The molecular weight excluding hydrogens is 581 g/mol. The van der Waals surface area contributed by atoms with Gasteiger partial charge in [-0.1, -0.05) is 20.8 Å². The zero-order chi connectivity index (χ0) is 31.4. The number of benzene rings is 1. The van der Waals surface area contributed by atoms with Gasteiger partial charge in [0.15, 0.2) is 0 Å². The van der Waals surface area contributed by atoms with Crippen LogP contribution in [0.1, 0.15) is 34.6 Å². The van der Waals surface area contributed by atoms with E-state index in [1.807, 2.05) is 0 Å². The van der Waals surface area contributed by atoms with Gasteiger partial charge in [0.25, 0.3) is 5.69 Å². The summed E-state index contributed by atoms with van der Waals surface area (Å²) >= 11 is 5.07. The number of nitro groups is 1. The number of esters is 2. The molecule has 0 aliphatic carbocycles. The van der Waals surface area contributed by atoms with Crippen LogP contribution in [0.25, 0.3) is 0 Å². The van der Waals surface area contributed by atoms with Gasteiger partial charge in [0.1, 0.15) is 23.6 Å². The Morgan fingerprint density at radius 2 is 1.49 bits per heavy atom. The van der Waals surface area contributed by atoms with Crippen LogP contribution in [-0.2, 0) is 23.6 Å². The lowest BCUT2D eigenvalue weighted by molar-refractivity contribution is -0.384. The first-order chi connectivity index (χ1) is 19.4. The molecule has 0 amide bonds. The average molecular weight is 620 g/mol. The van der Waals surface area contributed by atoms with E-state index in [1.54, 1.807) is 13.0 Å². The van der Waals surface area contributed by atoms with E-state index in [4.69, 9.17) is 20.8 Å². The molecule has 0 saturated heterocycles. The van der Waals surface area contributed by atoms with Gasteiger partial charge in [0, 0.05) is 18.3 Å². The highest BCUT2D eigenvalue weighted by Crippen LogP contribution is 2.45. The number of nitrogens with zero attached hydrogens (tertiary/aromatic N) is 3. The Morgan fingerprint density at radius 1 is 0.976 bits per heavy atom. The molecule has 14 nitrogen and oxygen atoms in total. The number of non-ortho nitro benzene ring substituents is 1. The van der Waals surface area contributed by atoms with E-state index >= 15 is 0 Å². The number of aromatic nitrogens is 1. The van der Waals surface area contributed by atoms with E-state index < -0.39 is 30.7 Å². The Balaban J connectivity index is 0.000000875. The van der Waals surface area contributed by atoms with E-state index in [2.05, 4.69) is 50.1 Å². The van der Waals surface area contributed by atoms with Crippen LogP contribution in [0.3, 0.4) is 0 Å². The van der Waals surface area contributed by atoms with E-state index in [0.29, 0.717) is 0 Å². The minimum absolute atomic E-state index is 0.0485. The van der Waals surface area contributed by atoms with Crippen molar-refractivity contribution in [1.82, 2.24) is 19.8 Å². The fraction of sp³-hybridized carbons (Fsp3) is 0.480. The van der Waals surface area contributed by atoms with Gasteiger partial charge in [-0.2, -0.15) is 5.09 Å². The Kier molecular flexibility index (Phi) is 18.9. The third-order valence-corrected chi connectivity index (χ3v) is 7.03. The number of hydrogen-bond donors (Lipinski definition) is 2. The Morgan fingerprint density at radius 3 is 1.85 bits per heavy atom. The molecule has 2 N–H and O–H groups in total. The maximum atomic E-state index is 13.1. The lowest BCUT2D eigenvalue weighted by atomic mass is 10.3. The molecule has 0 saturated carbocycles. The van der Waals surface area contributed by atoms with Crippen LogP contribution in [0.4, 0.5) is 5.69 Å². The Labute approximate surface area is 245 Å². The molecule has 3 atom stereocenters. The van der Waals surface area contributed by atoms with Gasteiger partial charge in [-0.05, 0) is 69.5 Å². The van der Waals surface area contributed by atoms with Crippen molar-refractivity contribution < 1.29 is 37.6 Å². The molecule has 0 spiro atoms. The number of nitro benzene ring substituents is 1. The number of halogens is 1. The molecule has 0 fully saturated rings. The summed E-state index contributed by atoms with van der Waals surface area (Å²) in [6, 6.07) is 6.55. The van der Waals surface area contributed by atoms with Gasteiger partial charge >= 0.3 is 19.7 Å². The lowest BCUT2D eigenvalue weighted by Gasteiger charge is -2.22. The van der Waals surface area contributed by atoms with Crippen LogP contribution in [0.2, 0.25) is 0 Å². The number of carbonyl (C=O) groups excluding carboxylic acids is 2. The van der Waals surface area contributed by atoms with Gasteiger partial charge in [0.2, 0.25) is 0 Å². The van der Waals surface area contributed by atoms with Gasteiger partial charge in [-0.25, -0.2) is 9.40 Å². The zero-order valence-electron chi connectivity index (χ0n) is 24.2. The molecule has 1 unspecified atom stereocenters. The second-order valence-corrected chi connectivity index (χ2v) is 9.80. The predicted molar refractivity (Wildman–Crippen MR) is 155 cm³/mol. The van der Waals surface area contributed by atoms with E-state index in [-0.39, 0.29) is 23.2 Å². The third kappa shape index (κ3) is 15.3. The normalized spacial score (nSPS) is 13.1. The van der Waals surface area contributed by atoms with Crippen LogP contribution < -0.4 is 19.0 Å². The molecule has 230 valence electrons. The highest BCUT2D eigenvalue weighted by Gasteiger charge is 2.33. The predicted octanol–water partition coefficient (Wildman–Crippen LogP) is 4.35. The lowest BCUT2D eigenvalue weighted by Crippen LogP contribution is -2.35. The molecule has 2 aromatic rings. The van der Waals surface area contributed by atoms with Crippen molar-refractivity contribution in [2.45, 2.75) is 46.7 Å². The summed E-state index contributed by atoms with van der Waals surface area (Å²) in [6.07, 6.45) is 2.82. The van der Waals surface area contributed by atoms with Crippen molar-refractivity contribution in [3.05, 3.63) is 58.9 Å². The van der Waals surface area contributed by atoms with Gasteiger partial charge in [-0.3, -0.25) is 24.7 Å². The number of hydrogen-bond acceptors (Lipinski definition) is 12. The van der Waals surface area contributed by atoms with Crippen molar-refractivity contribution in [2.24, 2.45) is 0 Å². The average Bonchev–Trinajstić information content (AvgIpc) is 2.97. The minimum atomic E-state index is -4.09. The second-order valence-electron chi connectivity index (χ2n) is 7.97. The summed E-state index contributed by atoms with van der Waals surface area (Å²) in [4.78, 5) is 40.5. The smallest absolute Gasteiger partial charge is 0.468 e. The maximum absolute atomic E-state index is 13.1. The van der Waals surface area contributed by atoms with Crippen molar-refractivity contribution in [1.29, 1.82) is 0 Å². The standard InChI is InChI=1S/C15H16N3O7P.C6H15N.C4H8ClNO2/c1-11(15(19)23-2)17-26(22,25-14-4-3-9-16-10-14)24-13-7-5-12(6-8-13)18(20)21;1-4-7(5-2)6-3;1-3(6-5)4(7)8-2/h3-11H,1-2H3,(H,17,22);4-6H2,1-3H3;3,6H,1-2H3/t11-,26?;;3-/m0.0/s1. The zero-order valence-corrected chi connectivity index (χ0v) is 25.9. The molecule has 16 heteroatoms. The molecule has 0 aliphatic heterocycles. The number of pyridine rings is 1. The number of carbonyl (C=O) groups is 2. The van der Waals surface area contributed by atoms with Crippen molar-refractivity contribution in [2.75, 3.05) is 33.9 Å². The number of ether oxygens (including phenoxy) is 2. The molecule has 0 bridgehead atoms. The number of methoxy groups -OCH3 is 2. The summed E-state index contributed by atoms with van der Waals surface area (Å²) < 4.78 is 32.7. The van der Waals surface area contributed by atoms with Crippen LogP contribution in [0, 0.1) is 10.1 Å². The van der Waals surface area contributed by atoms with E-state index in [1.165, 1.54) is 83.5 Å². The summed E-state index contributed by atoms with van der Waals surface area (Å²) in [5, 5.41) is 13.2. The van der Waals surface area contributed by atoms with Crippen molar-refractivity contribution >= 4 is 37.1 Å². The van der Waals surface area contributed by atoms with E-state index in [9.17, 15) is 24.3 Å². The first-order valence-electron chi connectivity index (χ1n) is 12.6. The van der Waals surface area contributed by atoms with E-state index in [0.717, 1.165) is 0 Å². The van der Waals surface area contributed by atoms with Crippen LogP contribution in [0.15, 0.2) is 48.8 Å².